The van der Waals surface area contributed by atoms with Gasteiger partial charge < -0.3 is 4.98 Å². The fourth-order valence-electron chi connectivity index (χ4n) is 1.69. The standard InChI is InChI=1S/C12H11N3OS2/c1-8-3-2-4-13-11(8)7-18(16)12-14-9-5-17-6-10(9)15-12/h2-6H,7H2,1H3,(H,14,15). The molecule has 1 N–H and O–H groups in total. The van der Waals surface area contributed by atoms with Crippen LogP contribution >= 0.6 is 11.3 Å². The highest BCUT2D eigenvalue weighted by Crippen LogP contribution is 2.19. The minimum absolute atomic E-state index is 0.395. The van der Waals surface area contributed by atoms with E-state index >= 15 is 0 Å². The molecule has 0 aliphatic rings. The van der Waals surface area contributed by atoms with Crippen LogP contribution in [0.15, 0.2) is 34.2 Å². The van der Waals surface area contributed by atoms with Crippen LogP contribution in [-0.4, -0.2) is 19.2 Å². The van der Waals surface area contributed by atoms with E-state index in [1.54, 1.807) is 17.5 Å². The monoisotopic (exact) mass is 277 g/mol. The number of imidazole rings is 1. The summed E-state index contributed by atoms with van der Waals surface area (Å²) in [4.78, 5) is 11.7. The van der Waals surface area contributed by atoms with Gasteiger partial charge in [0.2, 0.25) is 0 Å². The normalized spacial score (nSPS) is 12.9. The summed E-state index contributed by atoms with van der Waals surface area (Å²) in [6.07, 6.45) is 1.72. The molecule has 3 aromatic heterocycles. The Balaban J connectivity index is 1.87. The number of aryl methyl sites for hydroxylation is 1. The molecule has 4 nitrogen and oxygen atoms in total. The summed E-state index contributed by atoms with van der Waals surface area (Å²) in [5.41, 5.74) is 3.73. The van der Waals surface area contributed by atoms with Gasteiger partial charge in [-0.15, -0.1) is 11.3 Å². The van der Waals surface area contributed by atoms with Gasteiger partial charge >= 0.3 is 0 Å². The zero-order chi connectivity index (χ0) is 12.5. The second kappa shape index (κ2) is 4.62. The first-order chi connectivity index (χ1) is 8.74. The lowest BCUT2D eigenvalue weighted by molar-refractivity contribution is 0.676. The van der Waals surface area contributed by atoms with Crippen LogP contribution < -0.4 is 0 Å². The quantitative estimate of drug-likeness (QED) is 0.800. The van der Waals surface area contributed by atoms with Crippen LogP contribution in [-0.2, 0) is 16.6 Å². The number of pyridine rings is 1. The largest absolute Gasteiger partial charge is 0.330 e. The Morgan fingerprint density at radius 1 is 1.44 bits per heavy atom. The van der Waals surface area contributed by atoms with Gasteiger partial charge in [-0.2, -0.15) is 0 Å². The van der Waals surface area contributed by atoms with Crippen molar-refractivity contribution in [2.24, 2.45) is 0 Å². The highest BCUT2D eigenvalue weighted by atomic mass is 32.2. The Kier molecular flexibility index (Phi) is 2.97. The third-order valence-corrected chi connectivity index (χ3v) is 4.60. The lowest BCUT2D eigenvalue weighted by Crippen LogP contribution is -2.02. The van der Waals surface area contributed by atoms with Gasteiger partial charge in [0.25, 0.3) is 0 Å². The lowest BCUT2D eigenvalue weighted by Gasteiger charge is -2.02. The lowest BCUT2D eigenvalue weighted by atomic mass is 10.2. The van der Waals surface area contributed by atoms with Crippen molar-refractivity contribution in [3.63, 3.8) is 0 Å². The molecule has 0 fully saturated rings. The number of nitrogens with zero attached hydrogens (tertiary/aromatic N) is 2. The molecule has 0 radical (unpaired) electrons. The molecule has 0 aliphatic heterocycles. The van der Waals surface area contributed by atoms with E-state index < -0.39 is 10.8 Å². The van der Waals surface area contributed by atoms with E-state index in [9.17, 15) is 4.21 Å². The summed E-state index contributed by atoms with van der Waals surface area (Å²) in [5, 5.41) is 4.44. The van der Waals surface area contributed by atoms with Crippen LogP contribution in [0.25, 0.3) is 11.0 Å². The molecule has 0 spiro atoms. The Hall–Kier alpha value is -1.53. The topological polar surface area (TPSA) is 58.6 Å². The van der Waals surface area contributed by atoms with Gasteiger partial charge in [0.1, 0.15) is 5.52 Å². The average Bonchev–Trinajstić information content (AvgIpc) is 2.92. The molecule has 92 valence electrons. The molecule has 18 heavy (non-hydrogen) atoms. The number of fused-ring (bicyclic) bond motifs is 1. The van der Waals surface area contributed by atoms with Gasteiger partial charge in [-0.25, -0.2) is 4.98 Å². The first-order valence-corrected chi connectivity index (χ1v) is 7.71. The molecule has 3 heterocycles. The van der Waals surface area contributed by atoms with Crippen LogP contribution in [0, 0.1) is 6.92 Å². The van der Waals surface area contributed by atoms with Crippen molar-refractivity contribution in [2.75, 3.05) is 0 Å². The second-order valence-corrected chi connectivity index (χ2v) is 6.08. The van der Waals surface area contributed by atoms with E-state index in [0.29, 0.717) is 10.9 Å². The number of aromatic nitrogens is 3. The summed E-state index contributed by atoms with van der Waals surface area (Å²) >= 11 is 1.58. The van der Waals surface area contributed by atoms with Gasteiger partial charge in [-0.3, -0.25) is 9.19 Å². The highest BCUT2D eigenvalue weighted by Gasteiger charge is 2.12. The first kappa shape index (κ1) is 11.6. The Labute approximate surface area is 111 Å². The molecule has 0 aliphatic carbocycles. The molecule has 1 atom stereocenters. The molecule has 3 rings (SSSR count). The van der Waals surface area contributed by atoms with Crippen molar-refractivity contribution in [1.82, 2.24) is 15.0 Å². The molecule has 0 amide bonds. The van der Waals surface area contributed by atoms with Crippen molar-refractivity contribution in [3.05, 3.63) is 40.3 Å². The molecule has 1 unspecified atom stereocenters. The van der Waals surface area contributed by atoms with Crippen LogP contribution in [0.5, 0.6) is 0 Å². The number of H-pyrrole nitrogens is 1. The third kappa shape index (κ3) is 2.09. The molecule has 0 saturated heterocycles. The van der Waals surface area contributed by atoms with Crippen LogP contribution in [0.2, 0.25) is 0 Å². The van der Waals surface area contributed by atoms with E-state index in [0.717, 1.165) is 22.3 Å². The average molecular weight is 277 g/mol. The fraction of sp³-hybridized carbons (Fsp3) is 0.167. The Morgan fingerprint density at radius 3 is 3.11 bits per heavy atom. The third-order valence-electron chi connectivity index (χ3n) is 2.71. The van der Waals surface area contributed by atoms with Crippen molar-refractivity contribution in [1.29, 1.82) is 0 Å². The van der Waals surface area contributed by atoms with Gasteiger partial charge in [0.05, 0.1) is 27.8 Å². The predicted molar refractivity (Wildman–Crippen MR) is 73.1 cm³/mol. The van der Waals surface area contributed by atoms with Gasteiger partial charge in [-0.05, 0) is 18.6 Å². The SMILES string of the molecule is Cc1cccnc1CS(=O)c1nc2cscc2[nH]1. The van der Waals surface area contributed by atoms with Crippen molar-refractivity contribution in [2.45, 2.75) is 17.8 Å². The minimum Gasteiger partial charge on any atom is -0.330 e. The maximum absolute atomic E-state index is 12.2. The number of aromatic amines is 1. The van der Waals surface area contributed by atoms with Crippen LogP contribution in [0.1, 0.15) is 11.3 Å². The molecule has 0 aromatic carbocycles. The van der Waals surface area contributed by atoms with Crippen molar-refractivity contribution in [3.8, 4) is 0 Å². The number of hydrogen-bond acceptors (Lipinski definition) is 4. The van der Waals surface area contributed by atoms with Crippen molar-refractivity contribution >= 4 is 33.2 Å². The van der Waals surface area contributed by atoms with E-state index in [1.807, 2.05) is 29.8 Å². The summed E-state index contributed by atoms with van der Waals surface area (Å²) in [7, 11) is -1.18. The fourth-order valence-corrected chi connectivity index (χ4v) is 3.50. The van der Waals surface area contributed by atoms with Gasteiger partial charge in [0, 0.05) is 17.0 Å². The van der Waals surface area contributed by atoms with E-state index in [4.69, 9.17) is 0 Å². The Bertz CT molecular complexity index is 688. The summed E-state index contributed by atoms with van der Waals surface area (Å²) in [6, 6.07) is 3.85. The van der Waals surface area contributed by atoms with Gasteiger partial charge in [0.15, 0.2) is 5.16 Å². The maximum Gasteiger partial charge on any atom is 0.197 e. The number of nitrogens with one attached hydrogen (secondary N) is 1. The molecule has 0 bridgehead atoms. The zero-order valence-electron chi connectivity index (χ0n) is 9.71. The van der Waals surface area contributed by atoms with E-state index in [-0.39, 0.29) is 0 Å². The van der Waals surface area contributed by atoms with Crippen LogP contribution in [0.4, 0.5) is 0 Å². The first-order valence-electron chi connectivity index (χ1n) is 5.45. The summed E-state index contributed by atoms with van der Waals surface area (Å²) in [6.45, 7) is 1.97. The van der Waals surface area contributed by atoms with Crippen LogP contribution in [0.3, 0.4) is 0 Å². The second-order valence-electron chi connectivity index (χ2n) is 3.97. The van der Waals surface area contributed by atoms with E-state index in [2.05, 4.69) is 15.0 Å². The summed E-state index contributed by atoms with van der Waals surface area (Å²) < 4.78 is 12.2. The summed E-state index contributed by atoms with van der Waals surface area (Å²) in [5.74, 6) is 0.395. The Morgan fingerprint density at radius 2 is 2.33 bits per heavy atom. The zero-order valence-corrected chi connectivity index (χ0v) is 11.3. The predicted octanol–water partition coefficient (Wildman–Crippen LogP) is 2.64. The number of hydrogen-bond donors (Lipinski definition) is 1. The molecular formula is C12H11N3OS2. The molecule has 6 heteroatoms. The molecule has 0 saturated carbocycles. The molecular weight excluding hydrogens is 266 g/mol. The highest BCUT2D eigenvalue weighted by molar-refractivity contribution is 7.84. The van der Waals surface area contributed by atoms with E-state index in [1.165, 1.54) is 0 Å². The maximum atomic E-state index is 12.2. The van der Waals surface area contributed by atoms with Crippen molar-refractivity contribution < 1.29 is 4.21 Å². The minimum atomic E-state index is -1.18. The van der Waals surface area contributed by atoms with Gasteiger partial charge in [-0.1, -0.05) is 6.07 Å². The smallest absolute Gasteiger partial charge is 0.197 e. The number of thiophene rings is 1. The number of rotatable bonds is 3. The molecule has 3 aromatic rings.